The molecule has 146 valence electrons. The lowest BCUT2D eigenvalue weighted by molar-refractivity contribution is -0.137. The molecule has 0 fully saturated rings. The molecule has 1 unspecified atom stereocenters. The molecule has 0 radical (unpaired) electrons. The first-order valence-corrected chi connectivity index (χ1v) is 9.35. The third kappa shape index (κ3) is 5.97. The highest BCUT2D eigenvalue weighted by atomic mass is 32.2. The molecule has 0 aromatic heterocycles. The zero-order valence-corrected chi connectivity index (χ0v) is 15.1. The van der Waals surface area contributed by atoms with Gasteiger partial charge < -0.3 is 10.6 Å². The fourth-order valence-corrected chi connectivity index (χ4v) is 2.89. The molecule has 6 nitrogen and oxygen atoms in total. The summed E-state index contributed by atoms with van der Waals surface area (Å²) in [6, 6.07) is 9.79. The van der Waals surface area contributed by atoms with Crippen LogP contribution in [-0.4, -0.2) is 20.9 Å². The van der Waals surface area contributed by atoms with E-state index in [2.05, 4.69) is 10.6 Å². The molecule has 27 heavy (non-hydrogen) atoms. The number of nitrogens with two attached hydrogens (primary N) is 1. The number of nitrogens with one attached hydrogen (secondary N) is 2. The number of halogens is 3. The Kier molecular flexibility index (Phi) is 6.11. The molecule has 0 aliphatic carbocycles. The number of hydrogen-bond acceptors (Lipinski definition) is 4. The molecule has 2 aromatic rings. The summed E-state index contributed by atoms with van der Waals surface area (Å²) in [5.41, 5.74) is -0.140. The van der Waals surface area contributed by atoms with Gasteiger partial charge in [-0.15, -0.1) is 0 Å². The summed E-state index contributed by atoms with van der Waals surface area (Å²) in [4.78, 5) is 11.9. The number of carbonyl (C=O) groups excluding carboxylic acids is 1. The Morgan fingerprint density at radius 2 is 1.81 bits per heavy atom. The van der Waals surface area contributed by atoms with Gasteiger partial charge in [-0.2, -0.15) is 13.2 Å². The number of sulfonamides is 1. The zero-order valence-electron chi connectivity index (χ0n) is 14.2. The topological polar surface area (TPSA) is 101 Å². The van der Waals surface area contributed by atoms with Crippen molar-refractivity contribution in [2.75, 3.05) is 11.9 Å². The summed E-state index contributed by atoms with van der Waals surface area (Å²) < 4.78 is 60.8. The van der Waals surface area contributed by atoms with Gasteiger partial charge in [0.1, 0.15) is 0 Å². The van der Waals surface area contributed by atoms with E-state index in [1.807, 2.05) is 0 Å². The van der Waals surface area contributed by atoms with Crippen LogP contribution in [-0.2, 0) is 21.0 Å². The minimum atomic E-state index is -4.47. The first-order chi connectivity index (χ1) is 12.5. The summed E-state index contributed by atoms with van der Waals surface area (Å²) >= 11 is 0. The van der Waals surface area contributed by atoms with Crippen LogP contribution in [0.4, 0.5) is 18.9 Å². The standard InChI is InChI=1S/C17H18F3N3O3S/c1-11(12-4-2-7-15(8-12)27(21,25)26)23-16(24)10-22-14-6-3-5-13(9-14)17(18,19)20/h2-9,11,22H,10H2,1H3,(H,23,24)(H2,21,25,26). The molecule has 0 aliphatic heterocycles. The molecule has 0 saturated heterocycles. The summed E-state index contributed by atoms with van der Waals surface area (Å²) in [6.07, 6.45) is -4.47. The van der Waals surface area contributed by atoms with Gasteiger partial charge in [0.15, 0.2) is 0 Å². The molecule has 4 N–H and O–H groups in total. The van der Waals surface area contributed by atoms with Crippen LogP contribution in [0.3, 0.4) is 0 Å². The Balaban J connectivity index is 1.98. The SMILES string of the molecule is CC(NC(=O)CNc1cccc(C(F)(F)F)c1)c1cccc(S(N)(=O)=O)c1. The number of anilines is 1. The summed E-state index contributed by atoms with van der Waals surface area (Å²) in [5.74, 6) is -0.471. The second kappa shape index (κ2) is 7.97. The number of primary sulfonamides is 1. The number of carbonyl (C=O) groups is 1. The van der Waals surface area contributed by atoms with Crippen molar-refractivity contribution >= 4 is 21.6 Å². The van der Waals surface area contributed by atoms with Crippen molar-refractivity contribution in [3.63, 3.8) is 0 Å². The fraction of sp³-hybridized carbons (Fsp3) is 0.235. The summed E-state index contributed by atoms with van der Waals surface area (Å²) in [7, 11) is -3.87. The average molecular weight is 401 g/mol. The number of rotatable bonds is 6. The maximum atomic E-state index is 12.7. The van der Waals surface area contributed by atoms with Crippen LogP contribution in [0, 0.1) is 0 Å². The van der Waals surface area contributed by atoms with E-state index in [0.29, 0.717) is 5.56 Å². The van der Waals surface area contributed by atoms with Crippen molar-refractivity contribution < 1.29 is 26.4 Å². The molecule has 10 heteroatoms. The van der Waals surface area contributed by atoms with Crippen molar-refractivity contribution in [1.82, 2.24) is 5.32 Å². The van der Waals surface area contributed by atoms with Crippen LogP contribution in [0.2, 0.25) is 0 Å². The second-order valence-electron chi connectivity index (χ2n) is 5.84. The Morgan fingerprint density at radius 3 is 2.44 bits per heavy atom. The number of hydrogen-bond donors (Lipinski definition) is 3. The highest BCUT2D eigenvalue weighted by Crippen LogP contribution is 2.30. The molecular weight excluding hydrogens is 383 g/mol. The molecule has 2 rings (SSSR count). The van der Waals surface area contributed by atoms with Crippen LogP contribution >= 0.6 is 0 Å². The lowest BCUT2D eigenvalue weighted by atomic mass is 10.1. The van der Waals surface area contributed by atoms with Crippen LogP contribution in [0.5, 0.6) is 0 Å². The van der Waals surface area contributed by atoms with E-state index in [0.717, 1.165) is 12.1 Å². The number of benzene rings is 2. The molecule has 0 saturated carbocycles. The zero-order chi connectivity index (χ0) is 20.2. The monoisotopic (exact) mass is 401 g/mol. The van der Waals surface area contributed by atoms with E-state index in [-0.39, 0.29) is 17.1 Å². The van der Waals surface area contributed by atoms with Crippen LogP contribution < -0.4 is 15.8 Å². The van der Waals surface area contributed by atoms with Crippen LogP contribution in [0.15, 0.2) is 53.4 Å². The predicted molar refractivity (Wildman–Crippen MR) is 94.3 cm³/mol. The fourth-order valence-electron chi connectivity index (χ4n) is 2.32. The minimum absolute atomic E-state index is 0.0804. The van der Waals surface area contributed by atoms with Gasteiger partial charge >= 0.3 is 6.18 Å². The molecule has 1 amide bonds. The van der Waals surface area contributed by atoms with Gasteiger partial charge in [0.05, 0.1) is 23.0 Å². The quantitative estimate of drug-likeness (QED) is 0.693. The van der Waals surface area contributed by atoms with Gasteiger partial charge in [0.2, 0.25) is 15.9 Å². The average Bonchev–Trinajstić information content (AvgIpc) is 2.59. The van der Waals surface area contributed by atoms with Crippen LogP contribution in [0.1, 0.15) is 24.1 Å². The minimum Gasteiger partial charge on any atom is -0.376 e. The molecular formula is C17H18F3N3O3S. The van der Waals surface area contributed by atoms with E-state index in [1.165, 1.54) is 30.3 Å². The van der Waals surface area contributed by atoms with E-state index >= 15 is 0 Å². The molecule has 2 aromatic carbocycles. The Labute approximate surface area is 154 Å². The molecule has 0 spiro atoms. The maximum absolute atomic E-state index is 12.7. The first kappa shape index (κ1) is 20.7. The Morgan fingerprint density at radius 1 is 1.15 bits per heavy atom. The Hall–Kier alpha value is -2.59. The van der Waals surface area contributed by atoms with Gasteiger partial charge in [-0.25, -0.2) is 13.6 Å². The second-order valence-corrected chi connectivity index (χ2v) is 7.40. The highest BCUT2D eigenvalue weighted by molar-refractivity contribution is 7.89. The number of amides is 1. The van der Waals surface area contributed by atoms with E-state index in [9.17, 15) is 26.4 Å². The number of alkyl halides is 3. The van der Waals surface area contributed by atoms with E-state index in [4.69, 9.17) is 5.14 Å². The van der Waals surface area contributed by atoms with Crippen molar-refractivity contribution in [2.24, 2.45) is 5.14 Å². The molecule has 0 bridgehead atoms. The van der Waals surface area contributed by atoms with Crippen LogP contribution in [0.25, 0.3) is 0 Å². The Bertz CT molecular complexity index is 930. The highest BCUT2D eigenvalue weighted by Gasteiger charge is 2.30. The van der Waals surface area contributed by atoms with Crippen molar-refractivity contribution in [3.05, 3.63) is 59.7 Å². The molecule has 0 heterocycles. The lowest BCUT2D eigenvalue weighted by Crippen LogP contribution is -2.32. The summed E-state index contributed by atoms with van der Waals surface area (Å²) in [6.45, 7) is 1.39. The van der Waals surface area contributed by atoms with Gasteiger partial charge in [0.25, 0.3) is 0 Å². The van der Waals surface area contributed by atoms with E-state index in [1.54, 1.807) is 13.0 Å². The smallest absolute Gasteiger partial charge is 0.376 e. The van der Waals surface area contributed by atoms with Crippen molar-refractivity contribution in [2.45, 2.75) is 24.0 Å². The third-order valence-electron chi connectivity index (χ3n) is 3.71. The first-order valence-electron chi connectivity index (χ1n) is 7.80. The lowest BCUT2D eigenvalue weighted by Gasteiger charge is -2.16. The van der Waals surface area contributed by atoms with E-state index < -0.39 is 33.7 Å². The largest absolute Gasteiger partial charge is 0.416 e. The third-order valence-corrected chi connectivity index (χ3v) is 4.62. The molecule has 1 atom stereocenters. The van der Waals surface area contributed by atoms with Gasteiger partial charge in [0, 0.05) is 5.69 Å². The maximum Gasteiger partial charge on any atom is 0.416 e. The van der Waals surface area contributed by atoms with Gasteiger partial charge in [-0.05, 0) is 42.8 Å². The predicted octanol–water partition coefficient (Wildman–Crippen LogP) is 2.64. The molecule has 0 aliphatic rings. The summed E-state index contributed by atoms with van der Waals surface area (Å²) in [5, 5.41) is 10.3. The van der Waals surface area contributed by atoms with Crippen molar-refractivity contribution in [1.29, 1.82) is 0 Å². The normalized spacial score (nSPS) is 13.1. The van der Waals surface area contributed by atoms with Gasteiger partial charge in [-0.1, -0.05) is 18.2 Å². The van der Waals surface area contributed by atoms with Gasteiger partial charge in [-0.3, -0.25) is 4.79 Å². The van der Waals surface area contributed by atoms with Crippen molar-refractivity contribution in [3.8, 4) is 0 Å².